The quantitative estimate of drug-likeness (QED) is 0.146. The number of rotatable bonds is 10. The van der Waals surface area contributed by atoms with Gasteiger partial charge < -0.3 is 31.9 Å². The van der Waals surface area contributed by atoms with Crippen molar-refractivity contribution in [3.05, 3.63) is 81.6 Å². The summed E-state index contributed by atoms with van der Waals surface area (Å²) in [6.07, 6.45) is 5.42. The highest BCUT2D eigenvalue weighted by Crippen LogP contribution is 2.25. The Kier molecular flexibility index (Phi) is 12.5. The molecular weight excluding hydrogens is 649 g/mol. The Balaban J connectivity index is 0.000000974. The predicted octanol–water partition coefficient (Wildman–Crippen LogP) is 5.83. The van der Waals surface area contributed by atoms with E-state index in [9.17, 15) is 9.59 Å². The summed E-state index contributed by atoms with van der Waals surface area (Å²) in [4.78, 5) is 47.1. The van der Waals surface area contributed by atoms with Gasteiger partial charge in [-0.2, -0.15) is 0 Å². The molecule has 2 aliphatic heterocycles. The van der Waals surface area contributed by atoms with Gasteiger partial charge in [-0.25, -0.2) is 19.9 Å². The molecule has 0 saturated carbocycles. The van der Waals surface area contributed by atoms with E-state index in [0.717, 1.165) is 69.3 Å². The lowest BCUT2D eigenvalue weighted by molar-refractivity contribution is 0.102. The SMILES string of the molecule is CC(C)C[C@H]1CN(c2csc(C(=O)c3cccnc3N)n2)CCN1.Cc1cc(C(=O)c2cccnc2N)nc(N2CCN[C@@H](CC(C)C)C2)c1.[HH].[HH].[HH].[HH].[HH]. The highest BCUT2D eigenvalue weighted by atomic mass is 32.1. The molecule has 0 unspecified atom stereocenters. The van der Waals surface area contributed by atoms with E-state index >= 15 is 0 Å². The van der Waals surface area contributed by atoms with Crippen LogP contribution < -0.4 is 31.9 Å². The Morgan fingerprint density at radius 2 is 1.38 bits per heavy atom. The number of pyridine rings is 3. The van der Waals surface area contributed by atoms with Crippen LogP contribution >= 0.6 is 11.3 Å². The maximum absolute atomic E-state index is 12.9. The van der Waals surface area contributed by atoms with E-state index in [1.54, 1.807) is 36.7 Å². The van der Waals surface area contributed by atoms with Gasteiger partial charge in [0.25, 0.3) is 0 Å². The first-order chi connectivity index (χ1) is 24.0. The Morgan fingerprint density at radius 3 is 1.92 bits per heavy atom. The van der Waals surface area contributed by atoms with Crippen LogP contribution in [0.4, 0.5) is 23.3 Å². The van der Waals surface area contributed by atoms with Crippen molar-refractivity contribution in [1.82, 2.24) is 30.6 Å². The molecule has 6 N–H and O–H groups in total. The fraction of sp³-hybridized carbons (Fsp3) is 0.459. The van der Waals surface area contributed by atoms with Gasteiger partial charge in [0.15, 0.2) is 5.01 Å². The summed E-state index contributed by atoms with van der Waals surface area (Å²) in [6.45, 7) is 16.4. The molecular formula is C37H60N10O2S. The van der Waals surface area contributed by atoms with Gasteiger partial charge in [0.2, 0.25) is 11.6 Å². The predicted molar refractivity (Wildman–Crippen MR) is 213 cm³/mol. The number of piperazine rings is 2. The van der Waals surface area contributed by atoms with E-state index in [2.05, 4.69) is 68.1 Å². The van der Waals surface area contributed by atoms with Crippen molar-refractivity contribution in [2.45, 2.75) is 59.5 Å². The summed E-state index contributed by atoms with van der Waals surface area (Å²) in [6, 6.07) is 11.6. The van der Waals surface area contributed by atoms with Crippen LogP contribution in [0.5, 0.6) is 0 Å². The molecule has 2 saturated heterocycles. The Labute approximate surface area is 306 Å². The maximum atomic E-state index is 12.9. The fourth-order valence-electron chi connectivity index (χ4n) is 6.44. The van der Waals surface area contributed by atoms with Crippen molar-refractivity contribution >= 4 is 46.2 Å². The van der Waals surface area contributed by atoms with Gasteiger partial charge >= 0.3 is 0 Å². The van der Waals surface area contributed by atoms with Crippen LogP contribution in [0.3, 0.4) is 0 Å². The van der Waals surface area contributed by atoms with Gasteiger partial charge in [-0.3, -0.25) is 9.59 Å². The molecule has 0 aliphatic carbocycles. The van der Waals surface area contributed by atoms with Crippen LogP contribution in [0.25, 0.3) is 0 Å². The number of nitrogen functional groups attached to an aromatic ring is 2. The van der Waals surface area contributed by atoms with Gasteiger partial charge in [-0.15, -0.1) is 11.3 Å². The van der Waals surface area contributed by atoms with Gasteiger partial charge in [0, 0.05) is 76.3 Å². The summed E-state index contributed by atoms with van der Waals surface area (Å²) >= 11 is 1.36. The molecule has 4 aromatic rings. The number of anilines is 4. The molecule has 50 heavy (non-hydrogen) atoms. The van der Waals surface area contributed by atoms with Crippen molar-refractivity contribution in [2.24, 2.45) is 11.8 Å². The fourth-order valence-corrected chi connectivity index (χ4v) is 7.22. The highest BCUT2D eigenvalue weighted by molar-refractivity contribution is 7.12. The first-order valence-electron chi connectivity index (χ1n) is 17.4. The normalized spacial score (nSPS) is 17.8. The second-order valence-corrected chi connectivity index (χ2v) is 14.7. The molecule has 0 bridgehead atoms. The standard InChI is InChI=1S/C20H27N5O.C17H23N5OS.5H2/c1-13(2)9-15-12-25(8-7-22-15)18-11-14(3)10-17(24-18)19(26)16-5-4-6-23-20(16)21;1-11(2)8-12-9-22(7-6-19-12)14-10-24-17(21-14)15(23)13-4-3-5-20-16(13)18;;;;;/h4-6,10-11,13,15,22H,7-9,12H2,1-3H3,(H2,21,23);3-5,10-12,19H,6-9H2,1-2H3,(H2,18,20);5*1H/t15-;12-;;;;;/m00...../s1. The molecule has 13 heteroatoms. The van der Waals surface area contributed by atoms with E-state index in [4.69, 9.17) is 11.5 Å². The number of thiazole rings is 1. The number of nitrogens with one attached hydrogen (secondary N) is 2. The Morgan fingerprint density at radius 1 is 0.840 bits per heavy atom. The number of carbonyl (C=O) groups is 2. The summed E-state index contributed by atoms with van der Waals surface area (Å²) in [5.41, 5.74) is 13.9. The average Bonchev–Trinajstić information content (AvgIpc) is 3.59. The lowest BCUT2D eigenvalue weighted by Crippen LogP contribution is -2.51. The number of ketones is 2. The van der Waals surface area contributed by atoms with Gasteiger partial charge in [0.1, 0.15) is 29.0 Å². The number of carbonyl (C=O) groups excluding carboxylic acids is 2. The van der Waals surface area contributed by atoms with E-state index < -0.39 is 0 Å². The van der Waals surface area contributed by atoms with Crippen molar-refractivity contribution in [1.29, 1.82) is 0 Å². The number of aryl methyl sites for hydroxylation is 1. The van der Waals surface area contributed by atoms with E-state index in [0.29, 0.717) is 45.7 Å². The third kappa shape index (κ3) is 9.61. The number of aromatic nitrogens is 4. The van der Waals surface area contributed by atoms with Gasteiger partial charge in [0.05, 0.1) is 11.1 Å². The zero-order valence-electron chi connectivity index (χ0n) is 29.7. The van der Waals surface area contributed by atoms with Crippen LogP contribution in [-0.2, 0) is 0 Å². The maximum Gasteiger partial charge on any atom is 0.225 e. The van der Waals surface area contributed by atoms with E-state index in [1.165, 1.54) is 11.3 Å². The topological polar surface area (TPSA) is 168 Å². The lowest BCUT2D eigenvalue weighted by atomic mass is 10.0. The van der Waals surface area contributed by atoms with E-state index in [-0.39, 0.29) is 30.3 Å². The smallest absolute Gasteiger partial charge is 0.225 e. The molecule has 2 atom stereocenters. The molecule has 0 radical (unpaired) electrons. The summed E-state index contributed by atoms with van der Waals surface area (Å²) in [5, 5.41) is 9.55. The Hall–Kier alpha value is -4.46. The van der Waals surface area contributed by atoms with Gasteiger partial charge in [-0.05, 0) is 73.6 Å². The minimum Gasteiger partial charge on any atom is -0.383 e. The van der Waals surface area contributed by atoms with Crippen LogP contribution in [0.2, 0.25) is 0 Å². The largest absolute Gasteiger partial charge is 0.383 e. The Bertz CT molecular complexity index is 1780. The number of nitrogens with zero attached hydrogens (tertiary/aromatic N) is 6. The van der Waals surface area contributed by atoms with Crippen molar-refractivity contribution in [3.63, 3.8) is 0 Å². The van der Waals surface area contributed by atoms with Crippen molar-refractivity contribution in [3.8, 4) is 0 Å². The summed E-state index contributed by atoms with van der Waals surface area (Å²) in [5.74, 6) is 3.17. The van der Waals surface area contributed by atoms with Crippen LogP contribution in [0.15, 0.2) is 54.2 Å². The first kappa shape index (κ1) is 36.8. The molecule has 276 valence electrons. The third-order valence-electron chi connectivity index (χ3n) is 8.71. The molecule has 0 spiro atoms. The molecule has 6 rings (SSSR count). The van der Waals surface area contributed by atoms with E-state index in [1.807, 2.05) is 24.4 Å². The van der Waals surface area contributed by atoms with Crippen LogP contribution in [0, 0.1) is 18.8 Å². The number of hydrogen-bond acceptors (Lipinski definition) is 13. The zero-order valence-corrected chi connectivity index (χ0v) is 30.5. The summed E-state index contributed by atoms with van der Waals surface area (Å²) in [7, 11) is 0. The number of nitrogens with two attached hydrogens (primary N) is 2. The lowest BCUT2D eigenvalue weighted by Gasteiger charge is -2.35. The molecule has 0 aromatic carbocycles. The second kappa shape index (κ2) is 17.0. The second-order valence-electron chi connectivity index (χ2n) is 13.9. The molecule has 12 nitrogen and oxygen atoms in total. The summed E-state index contributed by atoms with van der Waals surface area (Å²) < 4.78 is 0. The highest BCUT2D eigenvalue weighted by Gasteiger charge is 2.25. The zero-order chi connectivity index (χ0) is 35.8. The molecule has 6 heterocycles. The molecule has 0 amide bonds. The average molecular weight is 709 g/mol. The molecule has 2 fully saturated rings. The van der Waals surface area contributed by atoms with Crippen molar-refractivity contribution < 1.29 is 16.7 Å². The third-order valence-corrected chi connectivity index (χ3v) is 9.54. The van der Waals surface area contributed by atoms with Crippen LogP contribution in [0.1, 0.15) is 84.7 Å². The molecule has 2 aliphatic rings. The monoisotopic (exact) mass is 708 g/mol. The van der Waals surface area contributed by atoms with Crippen molar-refractivity contribution in [2.75, 3.05) is 60.5 Å². The minimum absolute atomic E-state index is 0. The molecule has 4 aromatic heterocycles. The first-order valence-corrected chi connectivity index (χ1v) is 18.3. The number of hydrogen-bond donors (Lipinski definition) is 4. The van der Waals surface area contributed by atoms with Crippen LogP contribution in [-0.4, -0.2) is 82.9 Å². The van der Waals surface area contributed by atoms with Gasteiger partial charge in [-0.1, -0.05) is 27.7 Å². The minimum atomic E-state index is -0.186.